The number of esters is 1. The molecule has 0 N–H and O–H groups in total. The zero-order valence-corrected chi connectivity index (χ0v) is 24.7. The van der Waals surface area contributed by atoms with Crippen molar-refractivity contribution in [2.24, 2.45) is 0 Å². The molecule has 0 radical (unpaired) electrons. The Morgan fingerprint density at radius 2 is 2.02 bits per heavy atom. The summed E-state index contributed by atoms with van der Waals surface area (Å²) >= 11 is 0. The molecule has 10 nitrogen and oxygen atoms in total. The number of sulfonamides is 1. The molecule has 0 fully saturated rings. The van der Waals surface area contributed by atoms with Gasteiger partial charge in [-0.25, -0.2) is 13.1 Å². The molecule has 40 heavy (non-hydrogen) atoms. The smallest absolute Gasteiger partial charge is 0.306 e. The van der Waals surface area contributed by atoms with Crippen LogP contribution in [0.25, 0.3) is 0 Å². The van der Waals surface area contributed by atoms with E-state index in [1.54, 1.807) is 13.0 Å². The molecule has 0 bridgehead atoms. The van der Waals surface area contributed by atoms with Gasteiger partial charge in [0.15, 0.2) is 0 Å². The quantitative estimate of drug-likeness (QED) is 0.308. The van der Waals surface area contributed by atoms with Crippen LogP contribution in [0.1, 0.15) is 81.3 Å². The lowest BCUT2D eigenvalue weighted by Gasteiger charge is -2.24. The number of carbonyl (C=O) groups is 1. The van der Waals surface area contributed by atoms with E-state index in [0.29, 0.717) is 31.6 Å². The van der Waals surface area contributed by atoms with Gasteiger partial charge in [0.05, 0.1) is 31.5 Å². The van der Waals surface area contributed by atoms with Gasteiger partial charge in [-0.3, -0.25) is 9.78 Å². The highest BCUT2D eigenvalue weighted by Gasteiger charge is 2.35. The summed E-state index contributed by atoms with van der Waals surface area (Å²) in [4.78, 5) is 16.7. The highest BCUT2D eigenvalue weighted by Crippen LogP contribution is 2.33. The van der Waals surface area contributed by atoms with Crippen LogP contribution in [0.15, 0.2) is 47.8 Å². The minimum Gasteiger partial charge on any atom is -0.488 e. The monoisotopic (exact) mass is 569 g/mol. The molecule has 3 heterocycles. The summed E-state index contributed by atoms with van der Waals surface area (Å²) in [6.07, 6.45) is 6.76. The lowest BCUT2D eigenvalue weighted by atomic mass is 9.88. The number of aromatic nitrogens is 4. The summed E-state index contributed by atoms with van der Waals surface area (Å²) in [5, 5.41) is 8.49. The number of benzene rings is 1. The molecule has 0 spiro atoms. The first kappa shape index (κ1) is 29.7. The van der Waals surface area contributed by atoms with Crippen molar-refractivity contribution in [3.05, 3.63) is 65.2 Å². The normalized spacial score (nSPS) is 17.6. The molecule has 1 aliphatic heterocycles. The highest BCUT2D eigenvalue weighted by molar-refractivity contribution is 7.89. The van der Waals surface area contributed by atoms with Gasteiger partial charge < -0.3 is 9.47 Å². The van der Waals surface area contributed by atoms with Crippen molar-refractivity contribution >= 4 is 16.0 Å². The summed E-state index contributed by atoms with van der Waals surface area (Å²) in [5.41, 5.74) is 3.67. The first-order chi connectivity index (χ1) is 19.1. The minimum absolute atomic E-state index is 0.0781. The molecule has 216 valence electrons. The van der Waals surface area contributed by atoms with Crippen LogP contribution in [0.4, 0.5) is 0 Å². The highest BCUT2D eigenvalue weighted by atomic mass is 32.2. The number of rotatable bonds is 11. The standard InChI is InChI=1S/C29H39N5O5S/c1-6-26-19-33(40(36,37)28-16-30-13-12-27(28)39-26)17-24-14-22(9-8-21(24)5)23(15-29(35)38-7-2)10-11-25-18-34(20(3)4)32-31-25/h8-9,12-14,16,18,20,23,26H,6-7,10-11,15,17,19H2,1-5H3. The molecule has 0 aliphatic carbocycles. The second-order valence-corrected chi connectivity index (χ2v) is 12.4. The van der Waals surface area contributed by atoms with E-state index >= 15 is 0 Å². The fraction of sp³-hybridized carbons (Fsp3) is 0.517. The minimum atomic E-state index is -3.83. The van der Waals surface area contributed by atoms with Gasteiger partial charge in [0, 0.05) is 25.0 Å². The largest absolute Gasteiger partial charge is 0.488 e. The van der Waals surface area contributed by atoms with Gasteiger partial charge in [0.1, 0.15) is 16.7 Å². The van der Waals surface area contributed by atoms with Gasteiger partial charge in [-0.15, -0.1) is 5.10 Å². The fourth-order valence-electron chi connectivity index (χ4n) is 4.82. The number of aryl methyl sites for hydroxylation is 2. The lowest BCUT2D eigenvalue weighted by molar-refractivity contribution is -0.143. The third-order valence-electron chi connectivity index (χ3n) is 7.27. The Bertz CT molecular complexity index is 1420. The van der Waals surface area contributed by atoms with Crippen LogP contribution in [-0.2, 0) is 32.5 Å². The van der Waals surface area contributed by atoms with E-state index in [2.05, 4.69) is 15.3 Å². The van der Waals surface area contributed by atoms with Gasteiger partial charge in [0.25, 0.3) is 0 Å². The molecular weight excluding hydrogens is 530 g/mol. The van der Waals surface area contributed by atoms with Crippen molar-refractivity contribution in [1.29, 1.82) is 0 Å². The van der Waals surface area contributed by atoms with Gasteiger partial charge in [-0.2, -0.15) is 4.31 Å². The Kier molecular flexibility index (Phi) is 9.57. The van der Waals surface area contributed by atoms with Crippen molar-refractivity contribution < 1.29 is 22.7 Å². The summed E-state index contributed by atoms with van der Waals surface area (Å²) in [5.74, 6) is -0.0543. The van der Waals surface area contributed by atoms with E-state index in [1.807, 2.05) is 56.8 Å². The molecule has 1 aliphatic rings. The molecule has 2 aromatic heterocycles. The third kappa shape index (κ3) is 6.87. The SMILES string of the molecule is CCOC(=O)CC(CCc1cn(C(C)C)nn1)c1ccc(C)c(CN2CC(CC)Oc3ccncc3S2(=O)=O)c1. The third-order valence-corrected chi connectivity index (χ3v) is 9.09. The van der Waals surface area contributed by atoms with Crippen molar-refractivity contribution in [3.63, 3.8) is 0 Å². The molecule has 2 atom stereocenters. The Balaban J connectivity index is 1.62. The van der Waals surface area contributed by atoms with Gasteiger partial charge >= 0.3 is 5.97 Å². The van der Waals surface area contributed by atoms with E-state index in [9.17, 15) is 13.2 Å². The van der Waals surface area contributed by atoms with E-state index in [4.69, 9.17) is 9.47 Å². The van der Waals surface area contributed by atoms with Crippen LogP contribution in [-0.4, -0.2) is 57.9 Å². The van der Waals surface area contributed by atoms with Crippen LogP contribution in [0, 0.1) is 6.92 Å². The second kappa shape index (κ2) is 12.9. The van der Waals surface area contributed by atoms with Crippen molar-refractivity contribution in [2.45, 2.75) is 89.8 Å². The van der Waals surface area contributed by atoms with E-state index < -0.39 is 10.0 Å². The number of ether oxygens (including phenoxy) is 2. The topological polar surface area (TPSA) is 117 Å². The maximum atomic E-state index is 13.7. The zero-order valence-electron chi connectivity index (χ0n) is 23.9. The maximum absolute atomic E-state index is 13.7. The number of fused-ring (bicyclic) bond motifs is 1. The molecule has 3 aromatic rings. The second-order valence-electron chi connectivity index (χ2n) is 10.5. The van der Waals surface area contributed by atoms with Gasteiger partial charge in [-0.1, -0.05) is 30.3 Å². The number of carbonyl (C=O) groups excluding carboxylic acids is 1. The van der Waals surface area contributed by atoms with Gasteiger partial charge in [-0.05, 0) is 75.6 Å². The van der Waals surface area contributed by atoms with E-state index in [-0.39, 0.29) is 48.4 Å². The van der Waals surface area contributed by atoms with Crippen molar-refractivity contribution in [1.82, 2.24) is 24.3 Å². The number of hydrogen-bond donors (Lipinski definition) is 0. The van der Waals surface area contributed by atoms with Gasteiger partial charge in [0.2, 0.25) is 10.0 Å². The average Bonchev–Trinajstić information content (AvgIpc) is 3.37. The number of nitrogens with zero attached hydrogens (tertiary/aromatic N) is 5. The van der Waals surface area contributed by atoms with Crippen LogP contribution < -0.4 is 4.74 Å². The summed E-state index contributed by atoms with van der Waals surface area (Å²) in [7, 11) is -3.83. The summed E-state index contributed by atoms with van der Waals surface area (Å²) in [6, 6.07) is 7.85. The Morgan fingerprint density at radius 1 is 1.23 bits per heavy atom. The molecule has 11 heteroatoms. The van der Waals surface area contributed by atoms with Crippen molar-refractivity contribution in [2.75, 3.05) is 13.2 Å². The van der Waals surface area contributed by atoms with Crippen molar-refractivity contribution in [3.8, 4) is 5.75 Å². The maximum Gasteiger partial charge on any atom is 0.306 e. The predicted octanol–water partition coefficient (Wildman–Crippen LogP) is 4.59. The number of hydrogen-bond acceptors (Lipinski definition) is 8. The molecule has 0 saturated heterocycles. The van der Waals surface area contributed by atoms with Crippen LogP contribution >= 0.6 is 0 Å². The Morgan fingerprint density at radius 3 is 2.73 bits per heavy atom. The first-order valence-corrected chi connectivity index (χ1v) is 15.3. The lowest BCUT2D eigenvalue weighted by Crippen LogP contribution is -2.36. The Hall–Kier alpha value is -3.31. The number of pyridine rings is 1. The van der Waals surface area contributed by atoms with E-state index in [1.165, 1.54) is 16.7 Å². The zero-order chi connectivity index (χ0) is 28.9. The summed E-state index contributed by atoms with van der Waals surface area (Å²) < 4.78 is 42.0. The molecule has 0 amide bonds. The fourth-order valence-corrected chi connectivity index (χ4v) is 6.33. The molecular formula is C29H39N5O5S. The van der Waals surface area contributed by atoms with Crippen LogP contribution in [0.2, 0.25) is 0 Å². The molecule has 4 rings (SSSR count). The molecule has 0 saturated carbocycles. The molecule has 2 unspecified atom stereocenters. The molecule has 1 aromatic carbocycles. The predicted molar refractivity (Wildman–Crippen MR) is 150 cm³/mol. The average molecular weight is 570 g/mol. The summed E-state index contributed by atoms with van der Waals surface area (Å²) in [6.45, 7) is 10.6. The Labute approximate surface area is 236 Å². The van der Waals surface area contributed by atoms with Crippen LogP contribution in [0.3, 0.4) is 0 Å². The van der Waals surface area contributed by atoms with Crippen LogP contribution in [0.5, 0.6) is 5.75 Å². The first-order valence-electron chi connectivity index (χ1n) is 13.9. The van der Waals surface area contributed by atoms with E-state index in [0.717, 1.165) is 22.4 Å².